The number of aromatic nitrogens is 2. The van der Waals surface area contributed by atoms with Gasteiger partial charge >= 0.3 is 0 Å². The molecule has 3 rings (SSSR count). The van der Waals surface area contributed by atoms with Gasteiger partial charge in [0.05, 0.1) is 11.0 Å². The van der Waals surface area contributed by atoms with Gasteiger partial charge in [-0.05, 0) is 42.2 Å². The molecule has 0 N–H and O–H groups in total. The Morgan fingerprint density at radius 1 is 1.04 bits per heavy atom. The van der Waals surface area contributed by atoms with Crippen molar-refractivity contribution in [1.29, 1.82) is 0 Å². The SMILES string of the molecule is CCc1ccc(OCc2nc3ccccc3n2CC(C)C)cc1. The van der Waals surface area contributed by atoms with Crippen molar-refractivity contribution in [3.05, 3.63) is 59.9 Å². The topological polar surface area (TPSA) is 27.1 Å². The quantitative estimate of drug-likeness (QED) is 0.652. The zero-order chi connectivity index (χ0) is 16.2. The van der Waals surface area contributed by atoms with Crippen LogP contribution in [0.15, 0.2) is 48.5 Å². The molecule has 0 fully saturated rings. The van der Waals surface area contributed by atoms with Crippen LogP contribution in [0.5, 0.6) is 5.75 Å². The van der Waals surface area contributed by atoms with Crippen LogP contribution in [0, 0.1) is 5.92 Å². The Hall–Kier alpha value is -2.29. The molecule has 0 aliphatic rings. The summed E-state index contributed by atoms with van der Waals surface area (Å²) in [4.78, 5) is 4.75. The summed E-state index contributed by atoms with van der Waals surface area (Å²) in [5.74, 6) is 2.44. The molecule has 3 nitrogen and oxygen atoms in total. The number of rotatable bonds is 6. The van der Waals surface area contributed by atoms with Crippen molar-refractivity contribution in [1.82, 2.24) is 9.55 Å². The average molecular weight is 308 g/mol. The van der Waals surface area contributed by atoms with Crippen LogP contribution < -0.4 is 4.74 Å². The monoisotopic (exact) mass is 308 g/mol. The van der Waals surface area contributed by atoms with Gasteiger partial charge in [0.2, 0.25) is 0 Å². The van der Waals surface area contributed by atoms with Gasteiger partial charge < -0.3 is 9.30 Å². The lowest BCUT2D eigenvalue weighted by molar-refractivity contribution is 0.287. The van der Waals surface area contributed by atoms with E-state index in [0.717, 1.165) is 30.1 Å². The van der Waals surface area contributed by atoms with Gasteiger partial charge in [-0.1, -0.05) is 45.0 Å². The van der Waals surface area contributed by atoms with Crippen LogP contribution in [-0.4, -0.2) is 9.55 Å². The summed E-state index contributed by atoms with van der Waals surface area (Å²) >= 11 is 0. The molecule has 3 aromatic rings. The zero-order valence-corrected chi connectivity index (χ0v) is 14.1. The molecule has 120 valence electrons. The second kappa shape index (κ2) is 6.86. The van der Waals surface area contributed by atoms with Crippen LogP contribution in [0.2, 0.25) is 0 Å². The van der Waals surface area contributed by atoms with Crippen LogP contribution in [0.1, 0.15) is 32.2 Å². The molecule has 3 heteroatoms. The van der Waals surface area contributed by atoms with Gasteiger partial charge in [-0.2, -0.15) is 0 Å². The van der Waals surface area contributed by atoms with Crippen molar-refractivity contribution >= 4 is 11.0 Å². The smallest absolute Gasteiger partial charge is 0.148 e. The van der Waals surface area contributed by atoms with Gasteiger partial charge in [0, 0.05) is 6.54 Å². The van der Waals surface area contributed by atoms with Gasteiger partial charge in [-0.15, -0.1) is 0 Å². The Labute approximate surface area is 137 Å². The summed E-state index contributed by atoms with van der Waals surface area (Å²) in [7, 11) is 0. The molecule has 0 atom stereocenters. The van der Waals surface area contributed by atoms with Gasteiger partial charge in [-0.25, -0.2) is 4.98 Å². The van der Waals surface area contributed by atoms with E-state index in [1.807, 2.05) is 18.2 Å². The third-order valence-electron chi connectivity index (χ3n) is 3.98. The van der Waals surface area contributed by atoms with Gasteiger partial charge in [0.25, 0.3) is 0 Å². The summed E-state index contributed by atoms with van der Waals surface area (Å²) in [5, 5.41) is 0. The first-order valence-corrected chi connectivity index (χ1v) is 8.33. The van der Waals surface area contributed by atoms with Crippen molar-refractivity contribution in [2.45, 2.75) is 40.3 Å². The van der Waals surface area contributed by atoms with Crippen molar-refractivity contribution in [2.24, 2.45) is 5.92 Å². The number of aryl methyl sites for hydroxylation is 1. The first-order valence-electron chi connectivity index (χ1n) is 8.33. The Morgan fingerprint density at radius 2 is 1.78 bits per heavy atom. The van der Waals surface area contributed by atoms with Crippen LogP contribution >= 0.6 is 0 Å². The highest BCUT2D eigenvalue weighted by Gasteiger charge is 2.12. The molecule has 0 amide bonds. The molecule has 0 spiro atoms. The van der Waals surface area contributed by atoms with Crippen molar-refractivity contribution < 1.29 is 4.74 Å². The second-order valence-electron chi connectivity index (χ2n) is 6.31. The Bertz CT molecular complexity index is 772. The van der Waals surface area contributed by atoms with E-state index in [1.165, 1.54) is 11.1 Å². The molecular weight excluding hydrogens is 284 g/mol. The molecule has 0 radical (unpaired) electrons. The van der Waals surface area contributed by atoms with E-state index in [-0.39, 0.29) is 0 Å². The van der Waals surface area contributed by atoms with E-state index in [2.05, 4.69) is 55.7 Å². The molecule has 1 heterocycles. The summed E-state index contributed by atoms with van der Waals surface area (Å²) in [6.45, 7) is 8.05. The maximum absolute atomic E-state index is 5.96. The fourth-order valence-corrected chi connectivity index (χ4v) is 2.77. The van der Waals surface area contributed by atoms with Crippen molar-refractivity contribution in [2.75, 3.05) is 0 Å². The number of ether oxygens (including phenoxy) is 1. The molecule has 0 saturated heterocycles. The van der Waals surface area contributed by atoms with E-state index < -0.39 is 0 Å². The summed E-state index contributed by atoms with van der Waals surface area (Å²) in [6.07, 6.45) is 1.05. The van der Waals surface area contributed by atoms with E-state index in [4.69, 9.17) is 9.72 Å². The third kappa shape index (κ3) is 3.55. The van der Waals surface area contributed by atoms with Crippen molar-refractivity contribution in [3.8, 4) is 5.75 Å². The maximum Gasteiger partial charge on any atom is 0.148 e. The van der Waals surface area contributed by atoms with Crippen molar-refractivity contribution in [3.63, 3.8) is 0 Å². The minimum Gasteiger partial charge on any atom is -0.486 e. The average Bonchev–Trinajstić information content (AvgIpc) is 2.91. The predicted molar refractivity (Wildman–Crippen MR) is 94.7 cm³/mol. The zero-order valence-electron chi connectivity index (χ0n) is 14.1. The predicted octanol–water partition coefficient (Wildman–Crippen LogP) is 4.83. The fourth-order valence-electron chi connectivity index (χ4n) is 2.77. The Morgan fingerprint density at radius 3 is 2.48 bits per heavy atom. The molecule has 0 aliphatic carbocycles. The molecule has 1 aromatic heterocycles. The molecule has 0 bridgehead atoms. The van der Waals surface area contributed by atoms with E-state index >= 15 is 0 Å². The summed E-state index contributed by atoms with van der Waals surface area (Å²) < 4.78 is 8.24. The number of para-hydroxylation sites is 2. The van der Waals surface area contributed by atoms with Crippen LogP contribution in [0.25, 0.3) is 11.0 Å². The van der Waals surface area contributed by atoms with Gasteiger partial charge in [-0.3, -0.25) is 0 Å². The van der Waals surface area contributed by atoms with E-state index in [0.29, 0.717) is 12.5 Å². The first-order chi connectivity index (χ1) is 11.2. The summed E-state index contributed by atoms with van der Waals surface area (Å²) in [6, 6.07) is 16.6. The number of nitrogens with zero attached hydrogens (tertiary/aromatic N) is 2. The van der Waals surface area contributed by atoms with Crippen LogP contribution in [0.3, 0.4) is 0 Å². The number of hydrogen-bond acceptors (Lipinski definition) is 2. The molecule has 0 saturated carbocycles. The molecule has 2 aromatic carbocycles. The lowest BCUT2D eigenvalue weighted by atomic mass is 10.2. The van der Waals surface area contributed by atoms with Gasteiger partial charge in [0.1, 0.15) is 18.2 Å². The fraction of sp³-hybridized carbons (Fsp3) is 0.350. The number of imidazole rings is 1. The highest BCUT2D eigenvalue weighted by molar-refractivity contribution is 5.75. The molecular formula is C20H24N2O. The highest BCUT2D eigenvalue weighted by atomic mass is 16.5. The van der Waals surface area contributed by atoms with Crippen LogP contribution in [0.4, 0.5) is 0 Å². The minimum atomic E-state index is 0.493. The number of fused-ring (bicyclic) bond motifs is 1. The second-order valence-corrected chi connectivity index (χ2v) is 6.31. The standard InChI is InChI=1S/C20H24N2O/c1-4-16-9-11-17(12-10-16)23-14-20-21-18-7-5-6-8-19(18)22(20)13-15(2)3/h5-12,15H,4,13-14H2,1-3H3. The Balaban J connectivity index is 1.83. The third-order valence-corrected chi connectivity index (χ3v) is 3.98. The molecule has 0 aliphatic heterocycles. The normalized spacial score (nSPS) is 11.3. The van der Waals surface area contributed by atoms with E-state index in [9.17, 15) is 0 Å². The van der Waals surface area contributed by atoms with Crippen LogP contribution in [-0.2, 0) is 19.6 Å². The number of hydrogen-bond donors (Lipinski definition) is 0. The molecule has 23 heavy (non-hydrogen) atoms. The largest absolute Gasteiger partial charge is 0.486 e. The lowest BCUT2D eigenvalue weighted by Gasteiger charge is -2.12. The maximum atomic E-state index is 5.96. The minimum absolute atomic E-state index is 0.493. The summed E-state index contributed by atoms with van der Waals surface area (Å²) in [5.41, 5.74) is 3.54. The first kappa shape index (κ1) is 15.6. The van der Waals surface area contributed by atoms with Gasteiger partial charge in [0.15, 0.2) is 0 Å². The van der Waals surface area contributed by atoms with E-state index in [1.54, 1.807) is 0 Å². The Kier molecular flexibility index (Phi) is 4.65. The molecule has 0 unspecified atom stereocenters. The number of benzene rings is 2. The lowest BCUT2D eigenvalue weighted by Crippen LogP contribution is -2.11. The highest BCUT2D eigenvalue weighted by Crippen LogP contribution is 2.20.